The van der Waals surface area contributed by atoms with E-state index in [4.69, 9.17) is 9.47 Å². The van der Waals surface area contributed by atoms with Gasteiger partial charge in [-0.1, -0.05) is 30.3 Å². The number of hydrogen-bond donors (Lipinski definition) is 2. The molecule has 0 unspecified atom stereocenters. The van der Waals surface area contributed by atoms with E-state index in [0.717, 1.165) is 71.2 Å². The van der Waals surface area contributed by atoms with Crippen LogP contribution in [0.4, 0.5) is 0 Å². The molecule has 7 heteroatoms. The fourth-order valence-corrected chi connectivity index (χ4v) is 2.49. The lowest BCUT2D eigenvalue weighted by Crippen LogP contribution is -2.41. The van der Waals surface area contributed by atoms with Crippen molar-refractivity contribution in [1.29, 1.82) is 0 Å². The molecule has 0 atom stereocenters. The fraction of sp³-hybridized carbons (Fsp3) is 0.650. The SMILES string of the molecule is CN=C(NCCCOCCc1ccccc1)NCCN(C)CCCOC.I. The Morgan fingerprint density at radius 3 is 2.44 bits per heavy atom. The average molecular weight is 492 g/mol. The summed E-state index contributed by atoms with van der Waals surface area (Å²) < 4.78 is 10.8. The van der Waals surface area contributed by atoms with E-state index in [0.29, 0.717) is 0 Å². The lowest BCUT2D eigenvalue weighted by molar-refractivity contribution is 0.135. The van der Waals surface area contributed by atoms with Gasteiger partial charge in [-0.3, -0.25) is 4.99 Å². The number of rotatable bonds is 14. The van der Waals surface area contributed by atoms with Gasteiger partial charge in [-0.25, -0.2) is 0 Å². The number of halogens is 1. The zero-order valence-electron chi connectivity index (χ0n) is 17.1. The largest absolute Gasteiger partial charge is 0.385 e. The molecule has 0 spiro atoms. The van der Waals surface area contributed by atoms with Crippen LogP contribution < -0.4 is 10.6 Å². The van der Waals surface area contributed by atoms with Gasteiger partial charge in [0.25, 0.3) is 0 Å². The van der Waals surface area contributed by atoms with Crippen LogP contribution in [0.5, 0.6) is 0 Å². The maximum atomic E-state index is 5.70. The Hall–Kier alpha value is -0.900. The van der Waals surface area contributed by atoms with Crippen molar-refractivity contribution in [2.24, 2.45) is 4.99 Å². The van der Waals surface area contributed by atoms with Gasteiger partial charge in [-0.15, -0.1) is 24.0 Å². The molecule has 0 heterocycles. The minimum absolute atomic E-state index is 0. The van der Waals surface area contributed by atoms with Gasteiger partial charge < -0.3 is 25.0 Å². The number of ether oxygens (including phenoxy) is 2. The smallest absolute Gasteiger partial charge is 0.191 e. The van der Waals surface area contributed by atoms with Crippen LogP contribution in [-0.4, -0.2) is 78.1 Å². The van der Waals surface area contributed by atoms with E-state index < -0.39 is 0 Å². The summed E-state index contributed by atoms with van der Waals surface area (Å²) in [6.45, 7) is 6.10. The molecule has 0 aliphatic rings. The summed E-state index contributed by atoms with van der Waals surface area (Å²) in [4.78, 5) is 6.54. The molecular formula is C20H37IN4O2. The van der Waals surface area contributed by atoms with Crippen molar-refractivity contribution < 1.29 is 9.47 Å². The number of guanidine groups is 1. The second kappa shape index (κ2) is 18.5. The summed E-state index contributed by atoms with van der Waals surface area (Å²) in [6.07, 6.45) is 2.99. The minimum Gasteiger partial charge on any atom is -0.385 e. The quantitative estimate of drug-likeness (QED) is 0.181. The normalized spacial score (nSPS) is 11.3. The lowest BCUT2D eigenvalue weighted by atomic mass is 10.2. The van der Waals surface area contributed by atoms with E-state index in [-0.39, 0.29) is 24.0 Å². The van der Waals surface area contributed by atoms with Crippen LogP contribution in [0, 0.1) is 0 Å². The van der Waals surface area contributed by atoms with E-state index in [9.17, 15) is 0 Å². The van der Waals surface area contributed by atoms with Crippen LogP contribution in [0.3, 0.4) is 0 Å². The van der Waals surface area contributed by atoms with Gasteiger partial charge in [0.05, 0.1) is 6.61 Å². The lowest BCUT2D eigenvalue weighted by Gasteiger charge is -2.18. The zero-order chi connectivity index (χ0) is 18.9. The highest BCUT2D eigenvalue weighted by Gasteiger charge is 2.00. The molecule has 0 aliphatic heterocycles. The number of aliphatic imine (C=N–C) groups is 1. The average Bonchev–Trinajstić information content (AvgIpc) is 2.66. The van der Waals surface area contributed by atoms with Gasteiger partial charge in [0.15, 0.2) is 5.96 Å². The van der Waals surface area contributed by atoms with Crippen LogP contribution in [0.25, 0.3) is 0 Å². The molecule has 1 aromatic carbocycles. The third-order valence-electron chi connectivity index (χ3n) is 4.03. The summed E-state index contributed by atoms with van der Waals surface area (Å²) in [6, 6.07) is 10.4. The van der Waals surface area contributed by atoms with Crippen molar-refractivity contribution >= 4 is 29.9 Å². The Morgan fingerprint density at radius 2 is 1.74 bits per heavy atom. The van der Waals surface area contributed by atoms with Crippen LogP contribution >= 0.6 is 24.0 Å². The molecule has 0 aliphatic carbocycles. The van der Waals surface area contributed by atoms with Crippen molar-refractivity contribution in [2.75, 3.05) is 67.2 Å². The van der Waals surface area contributed by atoms with E-state index in [1.165, 1.54) is 5.56 Å². The molecule has 156 valence electrons. The first-order valence-electron chi connectivity index (χ1n) is 9.50. The Balaban J connectivity index is 0.00000676. The Kier molecular flexibility index (Phi) is 17.8. The predicted molar refractivity (Wildman–Crippen MR) is 124 cm³/mol. The van der Waals surface area contributed by atoms with Crippen molar-refractivity contribution in [2.45, 2.75) is 19.3 Å². The van der Waals surface area contributed by atoms with Gasteiger partial charge in [0.2, 0.25) is 0 Å². The molecule has 27 heavy (non-hydrogen) atoms. The second-order valence-corrected chi connectivity index (χ2v) is 6.28. The highest BCUT2D eigenvalue weighted by molar-refractivity contribution is 14.0. The fourth-order valence-electron chi connectivity index (χ4n) is 2.49. The van der Waals surface area contributed by atoms with Gasteiger partial charge in [0.1, 0.15) is 0 Å². The predicted octanol–water partition coefficient (Wildman–Crippen LogP) is 2.39. The van der Waals surface area contributed by atoms with E-state index >= 15 is 0 Å². The molecule has 1 rings (SSSR count). The molecule has 1 aromatic rings. The molecule has 0 amide bonds. The first-order chi connectivity index (χ1) is 12.8. The number of benzene rings is 1. The zero-order valence-corrected chi connectivity index (χ0v) is 19.4. The maximum absolute atomic E-state index is 5.70. The summed E-state index contributed by atoms with van der Waals surface area (Å²) in [5.74, 6) is 0.847. The molecule has 0 radical (unpaired) electrons. The summed E-state index contributed by atoms with van der Waals surface area (Å²) in [5, 5.41) is 6.66. The standard InChI is InChI=1S/C20H36N4O2.HI/c1-21-20(23-13-15-24(2)14-8-16-25-3)22-12-7-17-26-18-11-19-9-5-4-6-10-19;/h4-6,9-10H,7-8,11-18H2,1-3H3,(H2,21,22,23);1H. The van der Waals surface area contributed by atoms with E-state index in [2.05, 4.69) is 51.8 Å². The number of methoxy groups -OCH3 is 1. The summed E-state index contributed by atoms with van der Waals surface area (Å²) in [7, 11) is 5.67. The molecule has 0 bridgehead atoms. The summed E-state index contributed by atoms with van der Waals surface area (Å²) >= 11 is 0. The van der Waals surface area contributed by atoms with E-state index in [1.54, 1.807) is 14.2 Å². The van der Waals surface area contributed by atoms with Gasteiger partial charge >= 0.3 is 0 Å². The molecule has 6 nitrogen and oxygen atoms in total. The number of likely N-dealkylation sites (N-methyl/N-ethyl adjacent to an activating group) is 1. The van der Waals surface area contributed by atoms with Crippen molar-refractivity contribution in [1.82, 2.24) is 15.5 Å². The topological polar surface area (TPSA) is 58.1 Å². The molecule has 0 saturated carbocycles. The molecule has 0 fully saturated rings. The van der Waals surface area contributed by atoms with Crippen molar-refractivity contribution in [3.63, 3.8) is 0 Å². The first kappa shape index (κ1) is 26.1. The number of nitrogens with zero attached hydrogens (tertiary/aromatic N) is 2. The first-order valence-corrected chi connectivity index (χ1v) is 9.50. The monoisotopic (exact) mass is 492 g/mol. The molecule has 2 N–H and O–H groups in total. The van der Waals surface area contributed by atoms with E-state index in [1.807, 2.05) is 6.07 Å². The highest BCUT2D eigenvalue weighted by atomic mass is 127. The number of hydrogen-bond acceptors (Lipinski definition) is 4. The van der Waals surface area contributed by atoms with Gasteiger partial charge in [-0.2, -0.15) is 0 Å². The Labute approximate surface area is 182 Å². The Morgan fingerprint density at radius 1 is 1.00 bits per heavy atom. The minimum atomic E-state index is 0. The third kappa shape index (κ3) is 14.8. The molecular weight excluding hydrogens is 455 g/mol. The van der Waals surface area contributed by atoms with Crippen molar-refractivity contribution in [3.05, 3.63) is 35.9 Å². The van der Waals surface area contributed by atoms with Crippen molar-refractivity contribution in [3.8, 4) is 0 Å². The Bertz CT molecular complexity index is 474. The van der Waals surface area contributed by atoms with Crippen LogP contribution in [0.1, 0.15) is 18.4 Å². The van der Waals surface area contributed by atoms with Crippen LogP contribution in [0.15, 0.2) is 35.3 Å². The van der Waals surface area contributed by atoms with Crippen LogP contribution in [0.2, 0.25) is 0 Å². The molecule has 0 saturated heterocycles. The highest BCUT2D eigenvalue weighted by Crippen LogP contribution is 1.99. The maximum Gasteiger partial charge on any atom is 0.191 e. The van der Waals surface area contributed by atoms with Gasteiger partial charge in [-0.05, 0) is 31.9 Å². The number of nitrogens with one attached hydrogen (secondary N) is 2. The van der Waals surface area contributed by atoms with Crippen LogP contribution in [-0.2, 0) is 15.9 Å². The second-order valence-electron chi connectivity index (χ2n) is 6.28. The summed E-state index contributed by atoms with van der Waals surface area (Å²) in [5.41, 5.74) is 1.32. The van der Waals surface area contributed by atoms with Gasteiger partial charge in [0, 0.05) is 53.6 Å². The third-order valence-corrected chi connectivity index (χ3v) is 4.03. The molecule has 0 aromatic heterocycles.